The highest BCUT2D eigenvalue weighted by Crippen LogP contribution is 2.26. The van der Waals surface area contributed by atoms with E-state index in [4.69, 9.17) is 0 Å². The van der Waals surface area contributed by atoms with Crippen LogP contribution < -0.4 is 5.32 Å². The topological polar surface area (TPSA) is 37.8 Å². The van der Waals surface area contributed by atoms with Gasteiger partial charge in [0.15, 0.2) is 0 Å². The highest BCUT2D eigenvalue weighted by molar-refractivity contribution is 7.99. The van der Waals surface area contributed by atoms with Gasteiger partial charge in [0.25, 0.3) is 0 Å². The van der Waals surface area contributed by atoms with Gasteiger partial charge in [-0.25, -0.2) is 0 Å². The smallest absolute Gasteiger partial charge is 0.131 e. The Labute approximate surface area is 118 Å². The molecular formula is C13H23N3S2. The van der Waals surface area contributed by atoms with Crippen LogP contribution >= 0.6 is 23.1 Å². The first-order chi connectivity index (χ1) is 8.74. The lowest BCUT2D eigenvalue weighted by atomic mass is 9.99. The Bertz CT molecular complexity index is 346. The van der Waals surface area contributed by atoms with Crippen molar-refractivity contribution in [3.05, 3.63) is 10.0 Å². The van der Waals surface area contributed by atoms with Crippen LogP contribution in [0.15, 0.2) is 0 Å². The van der Waals surface area contributed by atoms with Crippen molar-refractivity contribution in [3.63, 3.8) is 0 Å². The van der Waals surface area contributed by atoms with Crippen molar-refractivity contribution in [2.75, 3.05) is 18.1 Å². The molecule has 0 amide bonds. The first-order valence-electron chi connectivity index (χ1n) is 6.83. The Morgan fingerprint density at radius 2 is 1.94 bits per heavy atom. The molecule has 0 unspecified atom stereocenters. The van der Waals surface area contributed by atoms with E-state index in [2.05, 4.69) is 41.1 Å². The summed E-state index contributed by atoms with van der Waals surface area (Å²) in [6.07, 6.45) is 3.85. The van der Waals surface area contributed by atoms with Crippen molar-refractivity contribution in [1.29, 1.82) is 0 Å². The minimum Gasteiger partial charge on any atom is -0.310 e. The number of hydrogen-bond donors (Lipinski definition) is 1. The Balaban J connectivity index is 1.74. The van der Waals surface area contributed by atoms with Gasteiger partial charge >= 0.3 is 0 Å². The average Bonchev–Trinajstić information content (AvgIpc) is 2.78. The molecule has 0 bridgehead atoms. The third-order valence-corrected chi connectivity index (χ3v) is 5.14. The van der Waals surface area contributed by atoms with Gasteiger partial charge in [-0.2, -0.15) is 11.8 Å². The summed E-state index contributed by atoms with van der Waals surface area (Å²) in [4.78, 5) is 0. The number of thioether (sulfide) groups is 1. The SMILES string of the molecule is CC(C)CNCc1nnc(CC2CCSCC2)s1. The summed E-state index contributed by atoms with van der Waals surface area (Å²) in [5.41, 5.74) is 0. The fourth-order valence-electron chi connectivity index (χ4n) is 2.11. The molecule has 0 saturated carbocycles. The molecule has 1 fully saturated rings. The highest BCUT2D eigenvalue weighted by atomic mass is 32.2. The van der Waals surface area contributed by atoms with Gasteiger partial charge in [-0.15, -0.1) is 21.5 Å². The average molecular weight is 285 g/mol. The lowest BCUT2D eigenvalue weighted by Crippen LogP contribution is -2.18. The molecule has 5 heteroatoms. The minimum atomic E-state index is 0.692. The van der Waals surface area contributed by atoms with Crippen LogP contribution in [0.2, 0.25) is 0 Å². The summed E-state index contributed by atoms with van der Waals surface area (Å²) in [6.45, 7) is 6.37. The maximum atomic E-state index is 4.33. The maximum absolute atomic E-state index is 4.33. The maximum Gasteiger partial charge on any atom is 0.131 e. The fraction of sp³-hybridized carbons (Fsp3) is 0.846. The number of hydrogen-bond acceptors (Lipinski definition) is 5. The first-order valence-corrected chi connectivity index (χ1v) is 8.81. The summed E-state index contributed by atoms with van der Waals surface area (Å²) < 4.78 is 0. The van der Waals surface area contributed by atoms with Crippen LogP contribution in [-0.4, -0.2) is 28.2 Å². The van der Waals surface area contributed by atoms with Crippen LogP contribution in [0.25, 0.3) is 0 Å². The van der Waals surface area contributed by atoms with Crippen LogP contribution in [-0.2, 0) is 13.0 Å². The van der Waals surface area contributed by atoms with Gasteiger partial charge in [0.05, 0.1) is 0 Å². The minimum absolute atomic E-state index is 0.692. The van der Waals surface area contributed by atoms with Gasteiger partial charge in [0, 0.05) is 13.0 Å². The second-order valence-corrected chi connectivity index (χ2v) is 7.75. The van der Waals surface area contributed by atoms with Crippen molar-refractivity contribution in [2.45, 2.75) is 39.7 Å². The molecule has 1 saturated heterocycles. The number of nitrogens with zero attached hydrogens (tertiary/aromatic N) is 2. The quantitative estimate of drug-likeness (QED) is 0.872. The zero-order chi connectivity index (χ0) is 12.8. The molecule has 0 spiro atoms. The van der Waals surface area contributed by atoms with Crippen molar-refractivity contribution in [2.24, 2.45) is 11.8 Å². The lowest BCUT2D eigenvalue weighted by Gasteiger charge is -2.19. The highest BCUT2D eigenvalue weighted by Gasteiger charge is 2.16. The van der Waals surface area contributed by atoms with Crippen LogP contribution in [0.4, 0.5) is 0 Å². The van der Waals surface area contributed by atoms with E-state index >= 15 is 0 Å². The Hall–Kier alpha value is -0.130. The summed E-state index contributed by atoms with van der Waals surface area (Å²) in [6, 6.07) is 0. The molecule has 1 aliphatic heterocycles. The van der Waals surface area contributed by atoms with Crippen molar-refractivity contribution in [1.82, 2.24) is 15.5 Å². The molecule has 2 heterocycles. The monoisotopic (exact) mass is 285 g/mol. The molecule has 0 aliphatic carbocycles. The van der Waals surface area contributed by atoms with Gasteiger partial charge in [0.1, 0.15) is 10.0 Å². The molecule has 2 rings (SSSR count). The number of aromatic nitrogens is 2. The van der Waals surface area contributed by atoms with Crippen LogP contribution in [0.3, 0.4) is 0 Å². The van der Waals surface area contributed by atoms with Crippen LogP contribution in [0.5, 0.6) is 0 Å². The predicted octanol–water partition coefficient (Wildman–Crippen LogP) is 2.97. The van der Waals surface area contributed by atoms with E-state index in [-0.39, 0.29) is 0 Å². The number of rotatable bonds is 6. The van der Waals surface area contributed by atoms with E-state index in [9.17, 15) is 0 Å². The molecule has 1 aromatic heterocycles. The van der Waals surface area contributed by atoms with Crippen molar-refractivity contribution >= 4 is 23.1 Å². The van der Waals surface area contributed by atoms with E-state index in [0.29, 0.717) is 5.92 Å². The van der Waals surface area contributed by atoms with Crippen LogP contribution in [0.1, 0.15) is 36.7 Å². The third kappa shape index (κ3) is 4.86. The van der Waals surface area contributed by atoms with Gasteiger partial charge in [-0.05, 0) is 42.7 Å². The van der Waals surface area contributed by atoms with E-state index in [1.807, 2.05) is 0 Å². The fourth-order valence-corrected chi connectivity index (χ4v) is 4.24. The standard InChI is InChI=1S/C13H23N3S2/c1-10(2)8-14-9-13-16-15-12(18-13)7-11-3-5-17-6-4-11/h10-11,14H,3-9H2,1-2H3. The van der Waals surface area contributed by atoms with E-state index in [1.54, 1.807) is 11.3 Å². The zero-order valence-electron chi connectivity index (χ0n) is 11.3. The summed E-state index contributed by atoms with van der Waals surface area (Å²) in [7, 11) is 0. The van der Waals surface area contributed by atoms with E-state index < -0.39 is 0 Å². The third-order valence-electron chi connectivity index (χ3n) is 3.14. The molecule has 3 nitrogen and oxygen atoms in total. The Morgan fingerprint density at radius 3 is 2.67 bits per heavy atom. The Kier molecular flexibility index (Phi) is 5.92. The van der Waals surface area contributed by atoms with Crippen LogP contribution in [0, 0.1) is 11.8 Å². The summed E-state index contributed by atoms with van der Waals surface area (Å²) in [5, 5.41) is 14.4. The predicted molar refractivity (Wildman–Crippen MR) is 80.2 cm³/mol. The molecule has 0 atom stereocenters. The lowest BCUT2D eigenvalue weighted by molar-refractivity contribution is 0.485. The van der Waals surface area contributed by atoms with Gasteiger partial charge in [-0.3, -0.25) is 0 Å². The summed E-state index contributed by atoms with van der Waals surface area (Å²) in [5.74, 6) is 4.19. The van der Waals surface area contributed by atoms with Crippen molar-refractivity contribution < 1.29 is 0 Å². The molecule has 0 aromatic carbocycles. The second kappa shape index (κ2) is 7.46. The van der Waals surface area contributed by atoms with Gasteiger partial charge in [-0.1, -0.05) is 13.8 Å². The molecular weight excluding hydrogens is 262 g/mol. The zero-order valence-corrected chi connectivity index (χ0v) is 12.9. The molecule has 1 aromatic rings. The van der Waals surface area contributed by atoms with Crippen molar-refractivity contribution in [3.8, 4) is 0 Å². The first kappa shape index (κ1) is 14.3. The van der Waals surface area contributed by atoms with Gasteiger partial charge in [0.2, 0.25) is 0 Å². The van der Waals surface area contributed by atoms with Gasteiger partial charge < -0.3 is 5.32 Å². The largest absolute Gasteiger partial charge is 0.310 e. The molecule has 18 heavy (non-hydrogen) atoms. The molecule has 1 N–H and O–H groups in total. The summed E-state index contributed by atoms with van der Waals surface area (Å²) >= 11 is 3.87. The molecule has 0 radical (unpaired) electrons. The van der Waals surface area contributed by atoms with E-state index in [1.165, 1.54) is 29.4 Å². The number of nitrogens with one attached hydrogen (secondary N) is 1. The normalized spacial score (nSPS) is 17.5. The second-order valence-electron chi connectivity index (χ2n) is 5.37. The molecule has 102 valence electrons. The Morgan fingerprint density at radius 1 is 1.22 bits per heavy atom. The van der Waals surface area contributed by atoms with E-state index in [0.717, 1.165) is 30.4 Å². The molecule has 1 aliphatic rings.